The number of rotatable bonds is 5. The smallest absolute Gasteiger partial charge is 0.337 e. The van der Waals surface area contributed by atoms with Gasteiger partial charge in [0.2, 0.25) is 0 Å². The number of halogens is 1. The molecule has 3 rings (SSSR count). The van der Waals surface area contributed by atoms with Gasteiger partial charge in [0, 0.05) is 24.1 Å². The zero-order valence-electron chi connectivity index (χ0n) is 13.5. The van der Waals surface area contributed by atoms with Gasteiger partial charge < -0.3 is 14.5 Å². The topological polar surface area (TPSA) is 68.5 Å². The molecule has 0 saturated heterocycles. The number of amides is 1. The zero-order chi connectivity index (χ0) is 17.8. The Hall–Kier alpha value is -3.15. The summed E-state index contributed by atoms with van der Waals surface area (Å²) >= 11 is 0. The minimum absolute atomic E-state index is 0.219. The van der Waals surface area contributed by atoms with Crippen LogP contribution < -0.4 is 15.7 Å². The SMILES string of the molecule is CCOc1ccc2c(C(=O)NCc3ccc(F)cc3)cc(=O)oc2c1. The van der Waals surface area contributed by atoms with E-state index in [0.717, 1.165) is 11.6 Å². The maximum atomic E-state index is 12.9. The number of hydrogen-bond donors (Lipinski definition) is 1. The third-order valence-electron chi connectivity index (χ3n) is 3.64. The van der Waals surface area contributed by atoms with Gasteiger partial charge in [0.15, 0.2) is 0 Å². The van der Waals surface area contributed by atoms with Crippen LogP contribution in [0.5, 0.6) is 5.75 Å². The van der Waals surface area contributed by atoms with Crippen molar-refractivity contribution in [3.63, 3.8) is 0 Å². The fraction of sp³-hybridized carbons (Fsp3) is 0.158. The molecule has 1 amide bonds. The first-order chi connectivity index (χ1) is 12.1. The molecule has 2 aromatic carbocycles. The van der Waals surface area contributed by atoms with Gasteiger partial charge in [-0.05, 0) is 36.8 Å². The van der Waals surface area contributed by atoms with Crippen LogP contribution in [0.3, 0.4) is 0 Å². The van der Waals surface area contributed by atoms with E-state index in [1.54, 1.807) is 30.3 Å². The number of nitrogens with one attached hydrogen (secondary N) is 1. The van der Waals surface area contributed by atoms with Crippen LogP contribution in [0, 0.1) is 5.82 Å². The molecule has 0 radical (unpaired) electrons. The number of fused-ring (bicyclic) bond motifs is 1. The molecule has 128 valence electrons. The van der Waals surface area contributed by atoms with Crippen molar-refractivity contribution in [1.29, 1.82) is 0 Å². The lowest BCUT2D eigenvalue weighted by molar-refractivity contribution is 0.0952. The quantitative estimate of drug-likeness (QED) is 0.723. The highest BCUT2D eigenvalue weighted by atomic mass is 19.1. The first-order valence-electron chi connectivity index (χ1n) is 7.80. The molecule has 0 aliphatic rings. The number of hydrogen-bond acceptors (Lipinski definition) is 4. The molecule has 25 heavy (non-hydrogen) atoms. The minimum atomic E-state index is -0.618. The van der Waals surface area contributed by atoms with Crippen LogP contribution in [0.1, 0.15) is 22.8 Å². The van der Waals surface area contributed by atoms with Gasteiger partial charge in [-0.1, -0.05) is 12.1 Å². The predicted molar refractivity (Wildman–Crippen MR) is 91.2 cm³/mol. The number of ether oxygens (including phenoxy) is 1. The fourth-order valence-corrected chi connectivity index (χ4v) is 2.47. The van der Waals surface area contributed by atoms with Gasteiger partial charge in [-0.3, -0.25) is 4.79 Å². The number of benzene rings is 2. The van der Waals surface area contributed by atoms with Crippen molar-refractivity contribution in [3.8, 4) is 5.75 Å². The van der Waals surface area contributed by atoms with E-state index in [1.807, 2.05) is 6.92 Å². The molecular formula is C19H16FNO4. The summed E-state index contributed by atoms with van der Waals surface area (Å²) in [7, 11) is 0. The van der Waals surface area contributed by atoms with E-state index in [1.165, 1.54) is 12.1 Å². The molecule has 0 atom stereocenters. The van der Waals surface area contributed by atoms with Crippen LogP contribution >= 0.6 is 0 Å². The molecule has 3 aromatic rings. The number of carbonyl (C=O) groups is 1. The lowest BCUT2D eigenvalue weighted by atomic mass is 10.1. The summed E-state index contributed by atoms with van der Waals surface area (Å²) in [6, 6.07) is 11.9. The number of carbonyl (C=O) groups excluding carboxylic acids is 1. The van der Waals surface area contributed by atoms with E-state index in [2.05, 4.69) is 5.32 Å². The lowest BCUT2D eigenvalue weighted by Crippen LogP contribution is -2.24. The molecular weight excluding hydrogens is 325 g/mol. The highest BCUT2D eigenvalue weighted by Crippen LogP contribution is 2.22. The van der Waals surface area contributed by atoms with Crippen LogP contribution in [0.15, 0.2) is 57.7 Å². The van der Waals surface area contributed by atoms with E-state index >= 15 is 0 Å². The monoisotopic (exact) mass is 341 g/mol. The van der Waals surface area contributed by atoms with E-state index in [4.69, 9.17) is 9.15 Å². The second-order valence-electron chi connectivity index (χ2n) is 5.38. The van der Waals surface area contributed by atoms with E-state index < -0.39 is 11.5 Å². The standard InChI is InChI=1S/C19H16FNO4/c1-2-24-14-7-8-15-16(10-18(22)25-17(15)9-14)19(23)21-11-12-3-5-13(20)6-4-12/h3-10H,2,11H2,1H3,(H,21,23). The van der Waals surface area contributed by atoms with Crippen molar-refractivity contribution in [2.45, 2.75) is 13.5 Å². The largest absolute Gasteiger partial charge is 0.494 e. The van der Waals surface area contributed by atoms with Crippen LogP contribution in [-0.2, 0) is 6.54 Å². The second kappa shape index (κ2) is 7.17. The first kappa shape index (κ1) is 16.7. The molecule has 1 heterocycles. The van der Waals surface area contributed by atoms with Crippen molar-refractivity contribution >= 4 is 16.9 Å². The van der Waals surface area contributed by atoms with Crippen molar-refractivity contribution < 1.29 is 18.3 Å². The van der Waals surface area contributed by atoms with E-state index in [0.29, 0.717) is 17.7 Å². The van der Waals surface area contributed by atoms with Crippen LogP contribution in [-0.4, -0.2) is 12.5 Å². The summed E-state index contributed by atoms with van der Waals surface area (Å²) in [5.41, 5.74) is 0.635. The highest BCUT2D eigenvalue weighted by molar-refractivity contribution is 6.05. The molecule has 0 saturated carbocycles. The summed E-state index contributed by atoms with van der Waals surface area (Å²) in [4.78, 5) is 24.2. The van der Waals surface area contributed by atoms with Gasteiger partial charge in [0.05, 0.1) is 12.2 Å². The normalized spacial score (nSPS) is 10.6. The van der Waals surface area contributed by atoms with E-state index in [9.17, 15) is 14.0 Å². The molecule has 1 aromatic heterocycles. The third kappa shape index (κ3) is 3.85. The Bertz CT molecular complexity index is 963. The Labute approximate surface area is 143 Å². The average Bonchev–Trinajstić information content (AvgIpc) is 2.60. The van der Waals surface area contributed by atoms with Gasteiger partial charge in [0.1, 0.15) is 17.1 Å². The molecule has 6 heteroatoms. The van der Waals surface area contributed by atoms with Gasteiger partial charge in [-0.2, -0.15) is 0 Å². The lowest BCUT2D eigenvalue weighted by Gasteiger charge is -2.09. The molecule has 0 unspecified atom stereocenters. The Balaban J connectivity index is 1.87. The Morgan fingerprint density at radius 2 is 1.92 bits per heavy atom. The summed E-state index contributed by atoms with van der Waals surface area (Å²) in [6.07, 6.45) is 0. The van der Waals surface area contributed by atoms with Gasteiger partial charge in [-0.25, -0.2) is 9.18 Å². The summed E-state index contributed by atoms with van der Waals surface area (Å²) in [5, 5.41) is 3.23. The summed E-state index contributed by atoms with van der Waals surface area (Å²) < 4.78 is 23.4. The highest BCUT2D eigenvalue weighted by Gasteiger charge is 2.14. The first-order valence-corrected chi connectivity index (χ1v) is 7.80. The molecule has 0 aliphatic heterocycles. The maximum absolute atomic E-state index is 12.9. The Kier molecular flexibility index (Phi) is 4.79. The molecule has 0 bridgehead atoms. The molecule has 0 spiro atoms. The minimum Gasteiger partial charge on any atom is -0.494 e. The molecule has 0 aliphatic carbocycles. The Morgan fingerprint density at radius 3 is 2.64 bits per heavy atom. The zero-order valence-corrected chi connectivity index (χ0v) is 13.5. The van der Waals surface area contributed by atoms with Crippen LogP contribution in [0.4, 0.5) is 4.39 Å². The van der Waals surface area contributed by atoms with Gasteiger partial charge in [0.25, 0.3) is 5.91 Å². The summed E-state index contributed by atoms with van der Waals surface area (Å²) in [6.45, 7) is 2.55. The van der Waals surface area contributed by atoms with Crippen molar-refractivity contribution in [2.24, 2.45) is 0 Å². The Morgan fingerprint density at radius 1 is 1.16 bits per heavy atom. The predicted octanol–water partition coefficient (Wildman–Crippen LogP) is 3.26. The third-order valence-corrected chi connectivity index (χ3v) is 3.64. The van der Waals surface area contributed by atoms with Crippen molar-refractivity contribution in [1.82, 2.24) is 5.32 Å². The molecule has 5 nitrogen and oxygen atoms in total. The van der Waals surface area contributed by atoms with Gasteiger partial charge >= 0.3 is 5.63 Å². The molecule has 1 N–H and O–H groups in total. The van der Waals surface area contributed by atoms with Gasteiger partial charge in [-0.15, -0.1) is 0 Å². The fourth-order valence-electron chi connectivity index (χ4n) is 2.47. The van der Waals surface area contributed by atoms with Crippen molar-refractivity contribution in [3.05, 3.63) is 75.9 Å². The second-order valence-corrected chi connectivity index (χ2v) is 5.38. The summed E-state index contributed by atoms with van der Waals surface area (Å²) in [5.74, 6) is -0.194. The van der Waals surface area contributed by atoms with Crippen LogP contribution in [0.25, 0.3) is 11.0 Å². The maximum Gasteiger partial charge on any atom is 0.337 e. The van der Waals surface area contributed by atoms with E-state index in [-0.39, 0.29) is 23.5 Å². The molecule has 0 fully saturated rings. The van der Waals surface area contributed by atoms with Crippen molar-refractivity contribution in [2.75, 3.05) is 6.61 Å². The average molecular weight is 341 g/mol. The van der Waals surface area contributed by atoms with Crippen LogP contribution in [0.2, 0.25) is 0 Å².